The van der Waals surface area contributed by atoms with E-state index in [4.69, 9.17) is 15.4 Å². The molecule has 0 heterocycles. The molecule has 0 aromatic heterocycles. The molecular weight excluding hydrogens is 298 g/mol. The number of hydrogen-bond donors (Lipinski definition) is 1. The van der Waals surface area contributed by atoms with Crippen LogP contribution in [0.15, 0.2) is 16.6 Å². The summed E-state index contributed by atoms with van der Waals surface area (Å²) in [6.07, 6.45) is 4.50. The Morgan fingerprint density at radius 2 is 2.17 bits per heavy atom. The number of ether oxygens (including phenoxy) is 2. The minimum atomic E-state index is 0.317. The Labute approximate surface area is 115 Å². The van der Waals surface area contributed by atoms with Gasteiger partial charge in [0.1, 0.15) is 0 Å². The van der Waals surface area contributed by atoms with E-state index in [-0.39, 0.29) is 0 Å². The van der Waals surface area contributed by atoms with Crippen molar-refractivity contribution >= 4 is 15.9 Å². The smallest absolute Gasteiger partial charge is 0.164 e. The van der Waals surface area contributed by atoms with Gasteiger partial charge in [0.15, 0.2) is 11.5 Å². The first kappa shape index (κ1) is 13.6. The summed E-state index contributed by atoms with van der Waals surface area (Å²) in [6, 6.07) is 3.94. The van der Waals surface area contributed by atoms with Gasteiger partial charge in [0, 0.05) is 16.5 Å². The third-order valence-electron chi connectivity index (χ3n) is 3.14. The van der Waals surface area contributed by atoms with Gasteiger partial charge in [-0.1, -0.05) is 15.9 Å². The third kappa shape index (κ3) is 3.16. The summed E-state index contributed by atoms with van der Waals surface area (Å²) in [6.45, 7) is 0.459. The maximum absolute atomic E-state index is 6.01. The second-order valence-corrected chi connectivity index (χ2v) is 5.30. The van der Waals surface area contributed by atoms with E-state index in [1.165, 1.54) is 6.42 Å². The zero-order chi connectivity index (χ0) is 13.0. The maximum atomic E-state index is 6.01. The molecule has 0 saturated heterocycles. The summed E-state index contributed by atoms with van der Waals surface area (Å²) in [5.41, 5.74) is 1.05. The Morgan fingerprint density at radius 1 is 1.39 bits per heavy atom. The zero-order valence-electron chi connectivity index (χ0n) is 10.4. The molecule has 0 atom stereocenters. The van der Waals surface area contributed by atoms with E-state index in [0.717, 1.165) is 34.4 Å². The summed E-state index contributed by atoms with van der Waals surface area (Å²) >= 11 is 3.47. The van der Waals surface area contributed by atoms with Crippen molar-refractivity contribution in [1.82, 2.24) is 0 Å². The lowest BCUT2D eigenvalue weighted by Crippen LogP contribution is -2.25. The Bertz CT molecular complexity index is 407. The van der Waals surface area contributed by atoms with Crippen molar-refractivity contribution in [3.8, 4) is 11.5 Å². The molecule has 0 spiro atoms. The lowest BCUT2D eigenvalue weighted by Gasteiger charge is -2.28. The van der Waals surface area contributed by atoms with Crippen molar-refractivity contribution in [3.05, 3.63) is 22.2 Å². The number of benzene rings is 1. The van der Waals surface area contributed by atoms with Gasteiger partial charge in [-0.25, -0.2) is 5.90 Å². The lowest BCUT2D eigenvalue weighted by atomic mass is 9.96. The van der Waals surface area contributed by atoms with Crippen LogP contribution in [-0.2, 0) is 11.3 Å². The Hall–Kier alpha value is -0.780. The predicted molar refractivity (Wildman–Crippen MR) is 72.8 cm³/mol. The van der Waals surface area contributed by atoms with Crippen LogP contribution >= 0.6 is 15.9 Å². The van der Waals surface area contributed by atoms with E-state index in [2.05, 4.69) is 20.8 Å². The maximum Gasteiger partial charge on any atom is 0.164 e. The second kappa shape index (κ2) is 6.41. The van der Waals surface area contributed by atoms with Crippen molar-refractivity contribution < 1.29 is 14.3 Å². The molecule has 0 unspecified atom stereocenters. The van der Waals surface area contributed by atoms with Crippen LogP contribution in [0.2, 0.25) is 0 Å². The van der Waals surface area contributed by atoms with Crippen molar-refractivity contribution in [2.45, 2.75) is 31.8 Å². The van der Waals surface area contributed by atoms with Crippen LogP contribution in [0.1, 0.15) is 24.8 Å². The minimum absolute atomic E-state index is 0.317. The van der Waals surface area contributed by atoms with Gasteiger partial charge in [0.2, 0.25) is 0 Å². The predicted octanol–water partition coefficient (Wildman–Crippen LogP) is 2.82. The molecule has 4 nitrogen and oxygen atoms in total. The van der Waals surface area contributed by atoms with Crippen molar-refractivity contribution in [3.63, 3.8) is 0 Å². The van der Waals surface area contributed by atoms with Crippen LogP contribution in [0.3, 0.4) is 0 Å². The zero-order valence-corrected chi connectivity index (χ0v) is 12.0. The first-order valence-corrected chi connectivity index (χ1v) is 6.88. The fourth-order valence-electron chi connectivity index (χ4n) is 1.92. The van der Waals surface area contributed by atoms with Gasteiger partial charge < -0.3 is 14.3 Å². The van der Waals surface area contributed by atoms with E-state index in [9.17, 15) is 0 Å². The van der Waals surface area contributed by atoms with Crippen LogP contribution < -0.4 is 15.4 Å². The van der Waals surface area contributed by atoms with Gasteiger partial charge in [-0.2, -0.15) is 0 Å². The van der Waals surface area contributed by atoms with Gasteiger partial charge in [-0.3, -0.25) is 0 Å². The second-order valence-electron chi connectivity index (χ2n) is 4.39. The molecule has 100 valence electrons. The standard InChI is InChI=1S/C13H18BrNO3/c1-16-12-8-10(14)7-9(5-6-17-15)13(12)18-11-3-2-4-11/h7-8,11H,2-6,15H2,1H3. The van der Waals surface area contributed by atoms with Crippen LogP contribution in [0, 0.1) is 0 Å². The third-order valence-corrected chi connectivity index (χ3v) is 3.60. The molecule has 1 saturated carbocycles. The summed E-state index contributed by atoms with van der Waals surface area (Å²) in [5.74, 6) is 6.66. The van der Waals surface area contributed by atoms with E-state index in [0.29, 0.717) is 19.1 Å². The van der Waals surface area contributed by atoms with Crippen LogP contribution in [0.5, 0.6) is 11.5 Å². The summed E-state index contributed by atoms with van der Waals surface area (Å²) in [4.78, 5) is 4.65. The molecule has 1 fully saturated rings. The van der Waals surface area contributed by atoms with Crippen molar-refractivity contribution in [2.24, 2.45) is 5.90 Å². The minimum Gasteiger partial charge on any atom is -0.493 e. The molecule has 2 rings (SSSR count). The SMILES string of the molecule is COc1cc(Br)cc(CCON)c1OC1CCC1. The number of hydrogen-bond acceptors (Lipinski definition) is 4. The molecule has 1 aliphatic carbocycles. The van der Waals surface area contributed by atoms with Crippen LogP contribution in [0.25, 0.3) is 0 Å². The van der Waals surface area contributed by atoms with Crippen LogP contribution in [-0.4, -0.2) is 19.8 Å². The molecule has 0 radical (unpaired) electrons. The van der Waals surface area contributed by atoms with E-state index >= 15 is 0 Å². The Kier molecular flexibility index (Phi) is 4.86. The van der Waals surface area contributed by atoms with Gasteiger partial charge >= 0.3 is 0 Å². The summed E-state index contributed by atoms with van der Waals surface area (Å²) in [5, 5.41) is 0. The fraction of sp³-hybridized carbons (Fsp3) is 0.538. The Morgan fingerprint density at radius 3 is 2.72 bits per heavy atom. The van der Waals surface area contributed by atoms with Gasteiger partial charge in [0.25, 0.3) is 0 Å². The quantitative estimate of drug-likeness (QED) is 0.820. The fourth-order valence-corrected chi connectivity index (χ4v) is 2.40. The topological polar surface area (TPSA) is 53.7 Å². The highest BCUT2D eigenvalue weighted by Crippen LogP contribution is 2.38. The van der Waals surface area contributed by atoms with Gasteiger partial charge in [-0.15, -0.1) is 0 Å². The van der Waals surface area contributed by atoms with E-state index < -0.39 is 0 Å². The average Bonchev–Trinajstić information content (AvgIpc) is 2.31. The summed E-state index contributed by atoms with van der Waals surface area (Å²) in [7, 11) is 1.65. The van der Waals surface area contributed by atoms with E-state index in [1.54, 1.807) is 7.11 Å². The first-order chi connectivity index (χ1) is 8.74. The monoisotopic (exact) mass is 315 g/mol. The molecule has 2 N–H and O–H groups in total. The van der Waals surface area contributed by atoms with Gasteiger partial charge in [0.05, 0.1) is 19.8 Å². The molecular formula is C13H18BrNO3. The highest BCUT2D eigenvalue weighted by molar-refractivity contribution is 9.10. The molecule has 1 aliphatic rings. The molecule has 0 aliphatic heterocycles. The average molecular weight is 316 g/mol. The Balaban J connectivity index is 2.24. The lowest BCUT2D eigenvalue weighted by molar-refractivity contribution is 0.111. The number of nitrogens with two attached hydrogens (primary N) is 1. The normalized spacial score (nSPS) is 15.3. The van der Waals surface area contributed by atoms with Crippen LogP contribution in [0.4, 0.5) is 0 Å². The molecule has 0 bridgehead atoms. The van der Waals surface area contributed by atoms with Crippen molar-refractivity contribution in [2.75, 3.05) is 13.7 Å². The highest BCUT2D eigenvalue weighted by Gasteiger charge is 2.23. The first-order valence-electron chi connectivity index (χ1n) is 6.09. The largest absolute Gasteiger partial charge is 0.493 e. The highest BCUT2D eigenvalue weighted by atomic mass is 79.9. The van der Waals surface area contributed by atoms with Crippen molar-refractivity contribution in [1.29, 1.82) is 0 Å². The van der Waals surface area contributed by atoms with E-state index in [1.807, 2.05) is 12.1 Å². The number of rotatable bonds is 6. The van der Waals surface area contributed by atoms with Gasteiger partial charge in [-0.05, 0) is 31.4 Å². The molecule has 5 heteroatoms. The molecule has 1 aromatic carbocycles. The molecule has 18 heavy (non-hydrogen) atoms. The summed E-state index contributed by atoms with van der Waals surface area (Å²) < 4.78 is 12.4. The number of methoxy groups -OCH3 is 1. The molecule has 0 amide bonds. The number of halogens is 1. The molecule has 1 aromatic rings.